The number of carbonyl (C=O) groups excluding carboxylic acids is 1. The summed E-state index contributed by atoms with van der Waals surface area (Å²) in [7, 11) is 0. The van der Waals surface area contributed by atoms with Crippen molar-refractivity contribution in [2.75, 3.05) is 6.61 Å². The Bertz CT molecular complexity index is 661. The number of ether oxygens (including phenoxy) is 1. The summed E-state index contributed by atoms with van der Waals surface area (Å²) in [5, 5.41) is 0.957. The van der Waals surface area contributed by atoms with Crippen molar-refractivity contribution in [3.8, 4) is 5.75 Å². The van der Waals surface area contributed by atoms with E-state index in [1.54, 1.807) is 48.5 Å². The third-order valence-corrected chi connectivity index (χ3v) is 3.56. The molecule has 2 rings (SSSR count). The van der Waals surface area contributed by atoms with E-state index in [0.717, 1.165) is 11.3 Å². The zero-order valence-electron chi connectivity index (χ0n) is 11.5. The third-order valence-electron chi connectivity index (χ3n) is 2.82. The summed E-state index contributed by atoms with van der Waals surface area (Å²) in [6.07, 6.45) is 3.22. The van der Waals surface area contributed by atoms with Gasteiger partial charge in [0.1, 0.15) is 5.75 Å². The molecule has 0 unspecified atom stereocenters. The van der Waals surface area contributed by atoms with Crippen molar-refractivity contribution in [2.24, 2.45) is 0 Å². The van der Waals surface area contributed by atoms with Gasteiger partial charge in [-0.1, -0.05) is 35.3 Å². The van der Waals surface area contributed by atoms with Gasteiger partial charge in [-0.2, -0.15) is 0 Å². The van der Waals surface area contributed by atoms with Gasteiger partial charge in [0, 0.05) is 5.56 Å². The van der Waals surface area contributed by atoms with E-state index in [1.807, 2.05) is 6.92 Å². The molecule has 0 aromatic heterocycles. The minimum absolute atomic E-state index is 0.0795. The third kappa shape index (κ3) is 4.35. The van der Waals surface area contributed by atoms with Gasteiger partial charge in [0.15, 0.2) is 5.78 Å². The number of ketones is 1. The fourth-order valence-corrected chi connectivity index (χ4v) is 2.07. The topological polar surface area (TPSA) is 26.3 Å². The van der Waals surface area contributed by atoms with Crippen LogP contribution in [0.2, 0.25) is 10.0 Å². The largest absolute Gasteiger partial charge is 0.494 e. The van der Waals surface area contributed by atoms with Crippen LogP contribution in [0.5, 0.6) is 5.75 Å². The summed E-state index contributed by atoms with van der Waals surface area (Å²) in [6.45, 7) is 2.52. The van der Waals surface area contributed by atoms with E-state index in [4.69, 9.17) is 27.9 Å². The maximum Gasteiger partial charge on any atom is 0.185 e. The smallest absolute Gasteiger partial charge is 0.185 e. The van der Waals surface area contributed by atoms with Crippen LogP contribution >= 0.6 is 23.2 Å². The van der Waals surface area contributed by atoms with Crippen molar-refractivity contribution in [2.45, 2.75) is 6.92 Å². The Balaban J connectivity index is 2.09. The van der Waals surface area contributed by atoms with Crippen LogP contribution in [0.25, 0.3) is 6.08 Å². The van der Waals surface area contributed by atoms with E-state index in [0.29, 0.717) is 22.2 Å². The van der Waals surface area contributed by atoms with Crippen LogP contribution in [0.3, 0.4) is 0 Å². The van der Waals surface area contributed by atoms with Crippen LogP contribution in [0.1, 0.15) is 22.8 Å². The van der Waals surface area contributed by atoms with Gasteiger partial charge in [-0.25, -0.2) is 0 Å². The molecule has 0 aliphatic carbocycles. The lowest BCUT2D eigenvalue weighted by Gasteiger charge is -2.03. The van der Waals surface area contributed by atoms with Crippen LogP contribution in [0, 0.1) is 0 Å². The van der Waals surface area contributed by atoms with Crippen molar-refractivity contribution >= 4 is 35.1 Å². The molecule has 0 heterocycles. The first-order valence-corrected chi connectivity index (χ1v) is 7.26. The quantitative estimate of drug-likeness (QED) is 0.552. The molecule has 2 aromatic rings. The summed E-state index contributed by atoms with van der Waals surface area (Å²) in [5.74, 6) is 0.673. The van der Waals surface area contributed by atoms with Crippen molar-refractivity contribution in [3.63, 3.8) is 0 Å². The Kier molecular flexibility index (Phi) is 5.43. The van der Waals surface area contributed by atoms with Gasteiger partial charge in [0.25, 0.3) is 0 Å². The van der Waals surface area contributed by atoms with E-state index in [-0.39, 0.29) is 5.78 Å². The standard InChI is InChI=1S/C17H14Cl2O2/c1-2-21-14-7-5-13(6-8-14)17(20)10-4-12-3-9-15(18)16(19)11-12/h3-11H,2H2,1H3/b10-4+. The molecule has 0 N–H and O–H groups in total. The molecular weight excluding hydrogens is 307 g/mol. The Hall–Kier alpha value is -1.77. The Labute approximate surface area is 134 Å². The first kappa shape index (κ1) is 15.6. The second-order valence-electron chi connectivity index (χ2n) is 4.33. The van der Waals surface area contributed by atoms with Gasteiger partial charge < -0.3 is 4.74 Å². The fraction of sp³-hybridized carbons (Fsp3) is 0.118. The van der Waals surface area contributed by atoms with E-state index in [1.165, 1.54) is 6.08 Å². The van der Waals surface area contributed by atoms with Crippen LogP contribution in [0.15, 0.2) is 48.5 Å². The van der Waals surface area contributed by atoms with Crippen molar-refractivity contribution in [1.82, 2.24) is 0 Å². The molecular formula is C17H14Cl2O2. The Morgan fingerprint density at radius 3 is 2.43 bits per heavy atom. The highest BCUT2D eigenvalue weighted by Gasteiger charge is 2.03. The van der Waals surface area contributed by atoms with Gasteiger partial charge in [-0.3, -0.25) is 4.79 Å². The lowest BCUT2D eigenvalue weighted by Crippen LogP contribution is -1.95. The highest BCUT2D eigenvalue weighted by Crippen LogP contribution is 2.23. The van der Waals surface area contributed by atoms with Crippen LogP contribution in [-0.2, 0) is 0 Å². The van der Waals surface area contributed by atoms with Crippen molar-refractivity contribution in [1.29, 1.82) is 0 Å². The van der Waals surface area contributed by atoms with E-state index < -0.39 is 0 Å². The lowest BCUT2D eigenvalue weighted by molar-refractivity contribution is 0.104. The molecule has 0 bridgehead atoms. The summed E-state index contributed by atoms with van der Waals surface area (Å²) < 4.78 is 5.34. The predicted molar refractivity (Wildman–Crippen MR) is 87.4 cm³/mol. The van der Waals surface area contributed by atoms with Crippen molar-refractivity contribution in [3.05, 3.63) is 69.7 Å². The lowest BCUT2D eigenvalue weighted by atomic mass is 10.1. The monoisotopic (exact) mass is 320 g/mol. The highest BCUT2D eigenvalue weighted by atomic mass is 35.5. The molecule has 0 atom stereocenters. The first-order chi connectivity index (χ1) is 10.1. The van der Waals surface area contributed by atoms with Crippen LogP contribution in [-0.4, -0.2) is 12.4 Å². The van der Waals surface area contributed by atoms with E-state index >= 15 is 0 Å². The van der Waals surface area contributed by atoms with Gasteiger partial charge >= 0.3 is 0 Å². The predicted octanol–water partition coefficient (Wildman–Crippen LogP) is 5.29. The average Bonchev–Trinajstić information content (AvgIpc) is 2.49. The summed E-state index contributed by atoms with van der Waals surface area (Å²) >= 11 is 11.8. The fourth-order valence-electron chi connectivity index (χ4n) is 1.77. The maximum atomic E-state index is 12.1. The molecule has 0 saturated heterocycles. The molecule has 0 aliphatic heterocycles. The molecule has 0 fully saturated rings. The number of allylic oxidation sites excluding steroid dienone is 1. The van der Waals surface area contributed by atoms with Gasteiger partial charge in [-0.15, -0.1) is 0 Å². The Morgan fingerprint density at radius 1 is 1.10 bits per heavy atom. The Morgan fingerprint density at radius 2 is 1.81 bits per heavy atom. The summed E-state index contributed by atoms with van der Waals surface area (Å²) in [5.41, 5.74) is 1.43. The number of halogens is 2. The van der Waals surface area contributed by atoms with Crippen LogP contribution < -0.4 is 4.74 Å². The molecule has 0 radical (unpaired) electrons. The number of benzene rings is 2. The maximum absolute atomic E-state index is 12.1. The minimum Gasteiger partial charge on any atom is -0.494 e. The molecule has 0 amide bonds. The van der Waals surface area contributed by atoms with Gasteiger partial charge in [0.05, 0.1) is 16.7 Å². The SMILES string of the molecule is CCOc1ccc(C(=O)/C=C/c2ccc(Cl)c(Cl)c2)cc1. The van der Waals surface area contributed by atoms with E-state index in [2.05, 4.69) is 0 Å². The average molecular weight is 321 g/mol. The molecule has 108 valence electrons. The zero-order valence-corrected chi connectivity index (χ0v) is 13.0. The highest BCUT2D eigenvalue weighted by molar-refractivity contribution is 6.42. The molecule has 0 aliphatic rings. The summed E-state index contributed by atoms with van der Waals surface area (Å²) in [4.78, 5) is 12.1. The molecule has 2 aromatic carbocycles. The number of carbonyl (C=O) groups is 1. The molecule has 21 heavy (non-hydrogen) atoms. The van der Waals surface area contributed by atoms with E-state index in [9.17, 15) is 4.79 Å². The normalized spacial score (nSPS) is 10.8. The molecule has 0 saturated carbocycles. The number of hydrogen-bond acceptors (Lipinski definition) is 2. The van der Waals surface area contributed by atoms with Gasteiger partial charge in [0.2, 0.25) is 0 Å². The molecule has 2 nitrogen and oxygen atoms in total. The second kappa shape index (κ2) is 7.30. The number of rotatable bonds is 5. The van der Waals surface area contributed by atoms with Crippen molar-refractivity contribution < 1.29 is 9.53 Å². The summed E-state index contributed by atoms with van der Waals surface area (Å²) in [6, 6.07) is 12.3. The minimum atomic E-state index is -0.0795. The second-order valence-corrected chi connectivity index (χ2v) is 5.14. The van der Waals surface area contributed by atoms with Gasteiger partial charge in [-0.05, 0) is 55.0 Å². The molecule has 0 spiro atoms. The zero-order chi connectivity index (χ0) is 15.2. The number of hydrogen-bond donors (Lipinski definition) is 0. The van der Waals surface area contributed by atoms with Crippen LogP contribution in [0.4, 0.5) is 0 Å². The first-order valence-electron chi connectivity index (χ1n) is 6.50. The molecule has 4 heteroatoms.